The summed E-state index contributed by atoms with van der Waals surface area (Å²) in [6, 6.07) is 8.56. The summed E-state index contributed by atoms with van der Waals surface area (Å²) in [5, 5.41) is 3.00. The molecule has 0 radical (unpaired) electrons. The zero-order valence-corrected chi connectivity index (χ0v) is 17.4. The van der Waals surface area contributed by atoms with Crippen LogP contribution in [0.3, 0.4) is 0 Å². The molecule has 1 aromatic carbocycles. The van der Waals surface area contributed by atoms with Crippen molar-refractivity contribution in [3.63, 3.8) is 0 Å². The van der Waals surface area contributed by atoms with Crippen molar-refractivity contribution in [1.29, 1.82) is 0 Å². The van der Waals surface area contributed by atoms with Gasteiger partial charge in [0.2, 0.25) is 15.9 Å². The van der Waals surface area contributed by atoms with E-state index in [0.29, 0.717) is 31.0 Å². The van der Waals surface area contributed by atoms with Crippen molar-refractivity contribution in [1.82, 2.24) is 14.5 Å². The number of nitrogens with zero attached hydrogens (tertiary/aromatic N) is 2. The third kappa shape index (κ3) is 6.59. The Labute approximate surface area is 164 Å². The van der Waals surface area contributed by atoms with Gasteiger partial charge in [-0.3, -0.25) is 4.79 Å². The molecule has 27 heavy (non-hydrogen) atoms. The topological polar surface area (TPSA) is 69.7 Å². The summed E-state index contributed by atoms with van der Waals surface area (Å²) in [7, 11) is -3.42. The van der Waals surface area contributed by atoms with E-state index in [2.05, 4.69) is 24.1 Å². The molecule has 1 heterocycles. The molecule has 1 saturated heterocycles. The molecular weight excluding hydrogens is 362 g/mol. The molecule has 152 valence electrons. The van der Waals surface area contributed by atoms with Gasteiger partial charge in [0.15, 0.2) is 0 Å². The van der Waals surface area contributed by atoms with E-state index in [4.69, 9.17) is 0 Å². The molecule has 0 unspecified atom stereocenters. The van der Waals surface area contributed by atoms with Crippen molar-refractivity contribution in [2.24, 2.45) is 5.92 Å². The Balaban J connectivity index is 1.70. The Kier molecular flexibility index (Phi) is 8.73. The predicted molar refractivity (Wildman–Crippen MR) is 108 cm³/mol. The molecule has 0 spiro atoms. The fourth-order valence-corrected chi connectivity index (χ4v) is 4.99. The van der Waals surface area contributed by atoms with E-state index in [1.807, 2.05) is 6.07 Å². The maximum absolute atomic E-state index is 12.6. The normalized spacial score (nSPS) is 16.6. The highest BCUT2D eigenvalue weighted by Gasteiger charge is 2.29. The van der Waals surface area contributed by atoms with Gasteiger partial charge in [-0.25, -0.2) is 8.42 Å². The molecule has 1 aromatic rings. The van der Waals surface area contributed by atoms with Gasteiger partial charge in [0.25, 0.3) is 0 Å². The monoisotopic (exact) mass is 395 g/mol. The van der Waals surface area contributed by atoms with E-state index in [-0.39, 0.29) is 11.8 Å². The lowest BCUT2D eigenvalue weighted by Gasteiger charge is -2.31. The van der Waals surface area contributed by atoms with Crippen LogP contribution in [0.1, 0.15) is 39.5 Å². The first-order valence-electron chi connectivity index (χ1n) is 10.0. The van der Waals surface area contributed by atoms with Crippen molar-refractivity contribution in [3.05, 3.63) is 30.3 Å². The van der Waals surface area contributed by atoms with Gasteiger partial charge in [0.1, 0.15) is 0 Å². The zero-order chi connectivity index (χ0) is 19.7. The van der Waals surface area contributed by atoms with Gasteiger partial charge in [0.05, 0.1) is 4.90 Å². The summed E-state index contributed by atoms with van der Waals surface area (Å²) in [5.41, 5.74) is 0. The summed E-state index contributed by atoms with van der Waals surface area (Å²) in [6.45, 7) is 9.04. The lowest BCUT2D eigenvalue weighted by Crippen LogP contribution is -2.39. The smallest absolute Gasteiger partial charge is 0.243 e. The highest BCUT2D eigenvalue weighted by molar-refractivity contribution is 7.89. The van der Waals surface area contributed by atoms with Gasteiger partial charge in [-0.05, 0) is 56.9 Å². The largest absolute Gasteiger partial charge is 0.356 e. The molecule has 7 heteroatoms. The van der Waals surface area contributed by atoms with Crippen LogP contribution < -0.4 is 5.32 Å². The maximum atomic E-state index is 12.6. The molecule has 0 bridgehead atoms. The fraction of sp³-hybridized carbons (Fsp3) is 0.650. The Morgan fingerprint density at radius 2 is 1.78 bits per heavy atom. The van der Waals surface area contributed by atoms with Crippen LogP contribution in [0.2, 0.25) is 0 Å². The minimum absolute atomic E-state index is 0.0823. The number of benzene rings is 1. The summed E-state index contributed by atoms with van der Waals surface area (Å²) in [5.74, 6) is 0.342. The van der Waals surface area contributed by atoms with E-state index in [0.717, 1.165) is 38.9 Å². The molecule has 1 aliphatic heterocycles. The molecule has 0 atom stereocenters. The van der Waals surface area contributed by atoms with Crippen LogP contribution in [0.5, 0.6) is 0 Å². The second-order valence-corrected chi connectivity index (χ2v) is 9.03. The number of amides is 1. The maximum Gasteiger partial charge on any atom is 0.243 e. The lowest BCUT2D eigenvalue weighted by atomic mass is 9.94. The van der Waals surface area contributed by atoms with E-state index in [1.54, 1.807) is 28.6 Å². The van der Waals surface area contributed by atoms with Crippen molar-refractivity contribution >= 4 is 15.9 Å². The number of hydrogen-bond acceptors (Lipinski definition) is 4. The summed E-state index contributed by atoms with van der Waals surface area (Å²) < 4.78 is 26.8. The van der Waals surface area contributed by atoms with Gasteiger partial charge >= 0.3 is 0 Å². The van der Waals surface area contributed by atoms with Crippen LogP contribution >= 0.6 is 0 Å². The average molecular weight is 396 g/mol. The second kappa shape index (κ2) is 10.8. The zero-order valence-electron chi connectivity index (χ0n) is 16.6. The first-order chi connectivity index (χ1) is 13.0. The van der Waals surface area contributed by atoms with E-state index >= 15 is 0 Å². The number of sulfonamides is 1. The Bertz CT molecular complexity index is 667. The fourth-order valence-electron chi connectivity index (χ4n) is 3.50. The Hall–Kier alpha value is -1.44. The predicted octanol–water partition coefficient (Wildman–Crippen LogP) is 2.33. The minimum atomic E-state index is -3.42. The highest BCUT2D eigenvalue weighted by atomic mass is 32.2. The van der Waals surface area contributed by atoms with Crippen molar-refractivity contribution in [2.75, 3.05) is 39.3 Å². The SMILES string of the molecule is CCN(CC)CCCNC(=O)CC1CCN(S(=O)(=O)c2ccccc2)CC1. The van der Waals surface area contributed by atoms with Gasteiger partial charge in [-0.15, -0.1) is 0 Å². The van der Waals surface area contributed by atoms with Gasteiger partial charge in [0, 0.05) is 26.1 Å². The van der Waals surface area contributed by atoms with Crippen molar-refractivity contribution < 1.29 is 13.2 Å². The molecule has 1 aliphatic rings. The van der Waals surface area contributed by atoms with E-state index in [9.17, 15) is 13.2 Å². The average Bonchev–Trinajstić information content (AvgIpc) is 2.69. The van der Waals surface area contributed by atoms with Gasteiger partial charge in [-0.2, -0.15) is 4.31 Å². The van der Waals surface area contributed by atoms with Crippen LogP contribution in [0, 0.1) is 5.92 Å². The van der Waals surface area contributed by atoms with Crippen molar-refractivity contribution in [2.45, 2.75) is 44.4 Å². The van der Waals surface area contributed by atoms with Crippen molar-refractivity contribution in [3.8, 4) is 0 Å². The van der Waals surface area contributed by atoms with Crippen LogP contribution in [-0.4, -0.2) is 62.8 Å². The summed E-state index contributed by atoms with van der Waals surface area (Å²) >= 11 is 0. The third-order valence-electron chi connectivity index (χ3n) is 5.30. The number of carbonyl (C=O) groups is 1. The molecule has 1 amide bonds. The number of rotatable bonds is 10. The van der Waals surface area contributed by atoms with Crippen LogP contribution in [0.4, 0.5) is 0 Å². The number of nitrogens with one attached hydrogen (secondary N) is 1. The third-order valence-corrected chi connectivity index (χ3v) is 7.21. The molecule has 6 nitrogen and oxygen atoms in total. The summed E-state index contributed by atoms with van der Waals surface area (Å²) in [6.07, 6.45) is 2.92. The van der Waals surface area contributed by atoms with Gasteiger partial charge in [-0.1, -0.05) is 32.0 Å². The number of carbonyl (C=O) groups excluding carboxylic acids is 1. The van der Waals surface area contributed by atoms with Crippen LogP contribution in [0.25, 0.3) is 0 Å². The summed E-state index contributed by atoms with van der Waals surface area (Å²) in [4.78, 5) is 14.8. The molecule has 0 aliphatic carbocycles. The quantitative estimate of drug-likeness (QED) is 0.617. The molecular formula is C20H33N3O3S. The standard InChI is InChI=1S/C20H33N3O3S/c1-3-22(4-2)14-8-13-21-20(24)17-18-11-15-23(16-12-18)27(25,26)19-9-6-5-7-10-19/h5-7,9-10,18H,3-4,8,11-17H2,1-2H3,(H,21,24). The van der Waals surface area contributed by atoms with Crippen LogP contribution in [0.15, 0.2) is 35.2 Å². The molecule has 0 aromatic heterocycles. The lowest BCUT2D eigenvalue weighted by molar-refractivity contribution is -0.122. The van der Waals surface area contributed by atoms with Gasteiger partial charge < -0.3 is 10.2 Å². The second-order valence-electron chi connectivity index (χ2n) is 7.10. The number of piperidine rings is 1. The molecule has 1 fully saturated rings. The Morgan fingerprint density at radius 3 is 2.37 bits per heavy atom. The van der Waals surface area contributed by atoms with Crippen LogP contribution in [-0.2, 0) is 14.8 Å². The first-order valence-corrected chi connectivity index (χ1v) is 11.5. The Morgan fingerprint density at radius 1 is 1.15 bits per heavy atom. The molecule has 0 saturated carbocycles. The minimum Gasteiger partial charge on any atom is -0.356 e. The molecule has 1 N–H and O–H groups in total. The highest BCUT2D eigenvalue weighted by Crippen LogP contribution is 2.25. The first kappa shape index (κ1) is 21.9. The van der Waals surface area contributed by atoms with E-state index in [1.165, 1.54) is 0 Å². The van der Waals surface area contributed by atoms with E-state index < -0.39 is 10.0 Å². The number of hydrogen-bond donors (Lipinski definition) is 1. The molecule has 2 rings (SSSR count).